The monoisotopic (exact) mass is 250 g/mol. The molecule has 0 unspecified atom stereocenters. The van der Waals surface area contributed by atoms with Gasteiger partial charge in [0.15, 0.2) is 5.82 Å². The van der Waals surface area contributed by atoms with Gasteiger partial charge in [-0.05, 0) is 6.07 Å². The molecule has 18 heavy (non-hydrogen) atoms. The lowest BCUT2D eigenvalue weighted by atomic mass is 10.2. The first-order chi connectivity index (χ1) is 8.54. The van der Waals surface area contributed by atoms with Gasteiger partial charge in [0.05, 0.1) is 15.8 Å². The van der Waals surface area contributed by atoms with Gasteiger partial charge in [-0.3, -0.25) is 14.9 Å². The number of hydrogen-bond donors (Lipinski definition) is 2. The maximum absolute atomic E-state index is 10.9. The fraction of sp³-hybridized carbons (Fsp3) is 0. The van der Waals surface area contributed by atoms with Crippen molar-refractivity contribution in [1.29, 1.82) is 0 Å². The molecule has 9 nitrogen and oxygen atoms in total. The second kappa shape index (κ2) is 4.13. The molecule has 1 aromatic carbocycles. The molecule has 0 bridgehead atoms. The van der Waals surface area contributed by atoms with Crippen molar-refractivity contribution in [2.45, 2.75) is 0 Å². The zero-order chi connectivity index (χ0) is 13.3. The second-order valence-corrected chi connectivity index (χ2v) is 3.26. The van der Waals surface area contributed by atoms with Crippen molar-refractivity contribution < 1.29 is 19.6 Å². The van der Waals surface area contributed by atoms with E-state index in [0.717, 1.165) is 12.1 Å². The van der Waals surface area contributed by atoms with Crippen molar-refractivity contribution in [3.63, 3.8) is 0 Å². The first-order valence-electron chi connectivity index (χ1n) is 4.65. The molecule has 9 heteroatoms. The largest absolute Gasteiger partial charge is 0.463 e. The van der Waals surface area contributed by atoms with Gasteiger partial charge in [0.25, 0.3) is 5.69 Å². The molecular formula is C9H6N4O5. The minimum absolute atomic E-state index is 0.0499. The van der Waals surface area contributed by atoms with Crippen LogP contribution in [0.1, 0.15) is 0 Å². The Morgan fingerprint density at radius 1 is 1.56 bits per heavy atom. The first kappa shape index (κ1) is 11.5. The van der Waals surface area contributed by atoms with Crippen LogP contribution >= 0.6 is 0 Å². The first-order valence-corrected chi connectivity index (χ1v) is 4.65. The summed E-state index contributed by atoms with van der Waals surface area (Å²) in [7, 11) is 0. The summed E-state index contributed by atoms with van der Waals surface area (Å²) in [5.74, 6) is -0.0499. The number of carbonyl (C=O) groups excluding carboxylic acids is 1. The number of non-ortho nitro benzene ring substituents is 1. The van der Waals surface area contributed by atoms with E-state index >= 15 is 0 Å². The van der Waals surface area contributed by atoms with Crippen LogP contribution < -0.4 is 5.32 Å². The third-order valence-corrected chi connectivity index (χ3v) is 2.25. The van der Waals surface area contributed by atoms with Crippen molar-refractivity contribution in [3.8, 4) is 0 Å². The van der Waals surface area contributed by atoms with Crippen LogP contribution in [0.2, 0.25) is 0 Å². The Balaban J connectivity index is 2.74. The summed E-state index contributed by atoms with van der Waals surface area (Å²) in [4.78, 5) is 31.3. The van der Waals surface area contributed by atoms with Crippen LogP contribution in [0.5, 0.6) is 0 Å². The maximum Gasteiger partial charge on any atom is 0.432 e. The minimum Gasteiger partial charge on any atom is -0.463 e. The van der Waals surface area contributed by atoms with Crippen LogP contribution in [-0.2, 0) is 4.79 Å². The Morgan fingerprint density at radius 3 is 2.83 bits per heavy atom. The molecule has 0 aliphatic carbocycles. The van der Waals surface area contributed by atoms with E-state index < -0.39 is 11.0 Å². The van der Waals surface area contributed by atoms with Crippen molar-refractivity contribution in [2.24, 2.45) is 0 Å². The normalized spacial score (nSPS) is 10.2. The molecule has 1 aromatic heterocycles. The van der Waals surface area contributed by atoms with Crippen molar-refractivity contribution >= 4 is 34.9 Å². The van der Waals surface area contributed by atoms with Crippen LogP contribution in [0.4, 0.5) is 16.3 Å². The number of amides is 1. The van der Waals surface area contributed by atoms with Crippen molar-refractivity contribution in [2.75, 3.05) is 5.32 Å². The molecular weight excluding hydrogens is 244 g/mol. The second-order valence-electron chi connectivity index (χ2n) is 3.26. The van der Waals surface area contributed by atoms with E-state index in [1.807, 2.05) is 0 Å². The number of benzene rings is 1. The smallest absolute Gasteiger partial charge is 0.432 e. The Labute approximate surface area is 98.8 Å². The molecule has 0 aliphatic rings. The summed E-state index contributed by atoms with van der Waals surface area (Å²) < 4.78 is 0.630. The summed E-state index contributed by atoms with van der Waals surface area (Å²) in [6, 6.07) is 3.56. The molecule has 0 spiro atoms. The fourth-order valence-electron chi connectivity index (χ4n) is 1.53. The molecule has 0 fully saturated rings. The van der Waals surface area contributed by atoms with Gasteiger partial charge in [0, 0.05) is 12.1 Å². The van der Waals surface area contributed by atoms with Crippen molar-refractivity contribution in [3.05, 3.63) is 28.3 Å². The minimum atomic E-state index is -1.35. The Morgan fingerprint density at radius 2 is 2.28 bits per heavy atom. The van der Waals surface area contributed by atoms with Crippen LogP contribution in [0.15, 0.2) is 18.2 Å². The number of carboxylic acid groups (broad SMARTS) is 1. The van der Waals surface area contributed by atoms with Crippen LogP contribution in [0.25, 0.3) is 10.9 Å². The average Bonchev–Trinajstić information content (AvgIpc) is 2.68. The lowest BCUT2D eigenvalue weighted by Gasteiger charge is -1.95. The summed E-state index contributed by atoms with van der Waals surface area (Å²) in [5, 5.41) is 25.5. The zero-order valence-corrected chi connectivity index (χ0v) is 8.73. The number of nitro groups is 1. The number of hydrogen-bond acceptors (Lipinski definition) is 5. The van der Waals surface area contributed by atoms with Gasteiger partial charge in [0.1, 0.15) is 0 Å². The molecule has 2 N–H and O–H groups in total. The Hall–Kier alpha value is -2.97. The number of anilines is 1. The van der Waals surface area contributed by atoms with Gasteiger partial charge >= 0.3 is 6.09 Å². The number of nitro benzene ring substituents is 1. The standard InChI is InChI=1S/C9H6N4O5/c14-4-10-8-6-3-5(13(17)18)1-2-7(6)12(11-8)9(15)16/h1-4H,(H,15,16)(H,10,11,14). The quantitative estimate of drug-likeness (QED) is 0.475. The number of carbonyl (C=O) groups is 2. The maximum atomic E-state index is 10.9. The SMILES string of the molecule is O=CNc1nn(C(=O)O)c2ccc([N+](=O)[O-])cc12. The van der Waals surface area contributed by atoms with Crippen LogP contribution in [-0.4, -0.2) is 32.3 Å². The molecule has 2 aromatic rings. The zero-order valence-electron chi connectivity index (χ0n) is 8.73. The molecule has 0 saturated carbocycles. The van der Waals surface area contributed by atoms with E-state index in [1.165, 1.54) is 6.07 Å². The lowest BCUT2D eigenvalue weighted by molar-refractivity contribution is -0.384. The van der Waals surface area contributed by atoms with Gasteiger partial charge < -0.3 is 10.4 Å². The summed E-state index contributed by atoms with van der Waals surface area (Å²) >= 11 is 0. The number of aromatic nitrogens is 2. The number of nitrogens with zero attached hydrogens (tertiary/aromatic N) is 3. The van der Waals surface area contributed by atoms with Crippen LogP contribution in [0, 0.1) is 10.1 Å². The summed E-state index contributed by atoms with van der Waals surface area (Å²) in [5.41, 5.74) is -0.0705. The van der Waals surface area contributed by atoms with E-state index in [4.69, 9.17) is 5.11 Å². The molecule has 1 amide bonds. The van der Waals surface area contributed by atoms with Crippen LogP contribution in [0.3, 0.4) is 0 Å². The predicted octanol–water partition coefficient (Wildman–Crippen LogP) is 1.04. The van der Waals surface area contributed by atoms with Gasteiger partial charge in [-0.1, -0.05) is 0 Å². The highest BCUT2D eigenvalue weighted by Crippen LogP contribution is 2.26. The third-order valence-electron chi connectivity index (χ3n) is 2.25. The highest BCUT2D eigenvalue weighted by molar-refractivity contribution is 5.98. The number of nitrogens with one attached hydrogen (secondary N) is 1. The topological polar surface area (TPSA) is 127 Å². The van der Waals surface area contributed by atoms with E-state index in [-0.39, 0.29) is 22.4 Å². The highest BCUT2D eigenvalue weighted by atomic mass is 16.6. The molecule has 0 atom stereocenters. The molecule has 0 saturated heterocycles. The number of rotatable bonds is 3. The lowest BCUT2D eigenvalue weighted by Crippen LogP contribution is -2.09. The Bertz CT molecular complexity index is 662. The van der Waals surface area contributed by atoms with Crippen molar-refractivity contribution in [1.82, 2.24) is 9.78 Å². The fourth-order valence-corrected chi connectivity index (χ4v) is 1.53. The summed E-state index contributed by atoms with van der Waals surface area (Å²) in [6.45, 7) is 0. The van der Waals surface area contributed by atoms with E-state index in [2.05, 4.69) is 10.4 Å². The highest BCUT2D eigenvalue weighted by Gasteiger charge is 2.17. The third kappa shape index (κ3) is 1.73. The summed E-state index contributed by atoms with van der Waals surface area (Å²) in [6.07, 6.45) is -1.04. The Kier molecular flexibility index (Phi) is 2.64. The predicted molar refractivity (Wildman–Crippen MR) is 59.5 cm³/mol. The van der Waals surface area contributed by atoms with E-state index in [0.29, 0.717) is 11.1 Å². The van der Waals surface area contributed by atoms with E-state index in [1.54, 1.807) is 0 Å². The molecule has 92 valence electrons. The van der Waals surface area contributed by atoms with E-state index in [9.17, 15) is 19.7 Å². The molecule has 0 radical (unpaired) electrons. The van der Waals surface area contributed by atoms with Gasteiger partial charge in [-0.25, -0.2) is 4.79 Å². The molecule has 0 aliphatic heterocycles. The van der Waals surface area contributed by atoms with Gasteiger partial charge in [-0.2, -0.15) is 4.68 Å². The molecule has 2 rings (SSSR count). The molecule has 1 heterocycles. The van der Waals surface area contributed by atoms with Gasteiger partial charge in [0.2, 0.25) is 6.41 Å². The van der Waals surface area contributed by atoms with Gasteiger partial charge in [-0.15, -0.1) is 5.10 Å². The number of fused-ring (bicyclic) bond motifs is 1. The average molecular weight is 250 g/mol.